The molecule has 0 aliphatic heterocycles. The summed E-state index contributed by atoms with van der Waals surface area (Å²) in [6, 6.07) is 4.47. The Bertz CT molecular complexity index is 432. The van der Waals surface area contributed by atoms with Gasteiger partial charge >= 0.3 is 0 Å². The number of halogens is 2. The predicted octanol–water partition coefficient (Wildman–Crippen LogP) is 3.75. The average molecular weight is 286 g/mol. The molecule has 2 nitrogen and oxygen atoms in total. The van der Waals surface area contributed by atoms with Crippen molar-refractivity contribution in [2.24, 2.45) is 5.92 Å². The Hall–Kier alpha value is -0.900. The summed E-state index contributed by atoms with van der Waals surface area (Å²) in [5.41, 5.74) is 2.07. The zero-order valence-corrected chi connectivity index (χ0v) is 12.4. The Kier molecular flexibility index (Phi) is 7.06. The van der Waals surface area contributed by atoms with Crippen molar-refractivity contribution >= 4 is 17.7 Å². The van der Waals surface area contributed by atoms with Crippen molar-refractivity contribution in [3.63, 3.8) is 0 Å². The topological polar surface area (TPSA) is 21.3 Å². The van der Waals surface area contributed by atoms with Crippen molar-refractivity contribution in [2.45, 2.75) is 13.8 Å². The lowest BCUT2D eigenvalue weighted by Gasteiger charge is -2.13. The molecule has 19 heavy (non-hydrogen) atoms. The first-order valence-corrected chi connectivity index (χ1v) is 6.77. The number of hydrogen-bond donors (Lipinski definition) is 1. The highest BCUT2D eigenvalue weighted by atomic mass is 35.5. The molecule has 0 bridgehead atoms. The van der Waals surface area contributed by atoms with E-state index in [9.17, 15) is 4.39 Å². The van der Waals surface area contributed by atoms with Crippen molar-refractivity contribution in [3.8, 4) is 0 Å². The molecule has 0 amide bonds. The van der Waals surface area contributed by atoms with Gasteiger partial charge in [0.25, 0.3) is 0 Å². The molecule has 4 heteroatoms. The van der Waals surface area contributed by atoms with Gasteiger partial charge in [-0.05, 0) is 23.6 Å². The maximum Gasteiger partial charge on any atom is 0.124 e. The lowest BCUT2D eigenvalue weighted by atomic mass is 10.00. The fourth-order valence-corrected chi connectivity index (χ4v) is 1.87. The van der Waals surface area contributed by atoms with Crippen molar-refractivity contribution in [1.29, 1.82) is 0 Å². The van der Waals surface area contributed by atoms with E-state index < -0.39 is 0 Å². The second kappa shape index (κ2) is 8.31. The summed E-state index contributed by atoms with van der Waals surface area (Å²) >= 11 is 6.04. The van der Waals surface area contributed by atoms with Gasteiger partial charge in [0.15, 0.2) is 0 Å². The second-order valence-corrected chi connectivity index (χ2v) is 5.12. The van der Waals surface area contributed by atoms with Gasteiger partial charge in [0.2, 0.25) is 0 Å². The summed E-state index contributed by atoms with van der Waals surface area (Å²) in [5.74, 6) is 0.0858. The highest BCUT2D eigenvalue weighted by Gasteiger charge is 2.06. The molecule has 0 saturated heterocycles. The lowest BCUT2D eigenvalue weighted by molar-refractivity contribution is 0.200. The number of ether oxygens (including phenoxy) is 1. The maximum atomic E-state index is 13.0. The van der Waals surface area contributed by atoms with Crippen LogP contribution < -0.4 is 5.32 Å². The minimum absolute atomic E-state index is 0.313. The van der Waals surface area contributed by atoms with E-state index in [0.717, 1.165) is 18.7 Å². The molecule has 0 unspecified atom stereocenters. The van der Waals surface area contributed by atoms with Crippen LogP contribution in [0.25, 0.3) is 6.08 Å². The molecule has 0 spiro atoms. The lowest BCUT2D eigenvalue weighted by Crippen LogP contribution is -2.23. The molecule has 0 atom stereocenters. The third-order valence-electron chi connectivity index (χ3n) is 2.86. The minimum Gasteiger partial charge on any atom is -0.383 e. The number of benzene rings is 1. The molecule has 0 fully saturated rings. The van der Waals surface area contributed by atoms with Crippen LogP contribution in [0.1, 0.15) is 19.4 Å². The Morgan fingerprint density at radius 1 is 1.47 bits per heavy atom. The van der Waals surface area contributed by atoms with Crippen LogP contribution in [0.3, 0.4) is 0 Å². The van der Waals surface area contributed by atoms with Crippen LogP contribution in [-0.2, 0) is 4.74 Å². The average Bonchev–Trinajstić information content (AvgIpc) is 2.35. The van der Waals surface area contributed by atoms with Gasteiger partial charge in [-0.2, -0.15) is 0 Å². The zero-order valence-electron chi connectivity index (χ0n) is 11.7. The van der Waals surface area contributed by atoms with Gasteiger partial charge in [0.05, 0.1) is 11.6 Å². The van der Waals surface area contributed by atoms with Gasteiger partial charge in [-0.1, -0.05) is 43.2 Å². The van der Waals surface area contributed by atoms with Gasteiger partial charge in [-0.15, -0.1) is 0 Å². The minimum atomic E-state index is -0.313. The number of rotatable bonds is 7. The molecular formula is C15H21ClFNO. The van der Waals surface area contributed by atoms with Gasteiger partial charge in [0.1, 0.15) is 5.82 Å². The van der Waals surface area contributed by atoms with Crippen LogP contribution in [0.15, 0.2) is 23.8 Å². The van der Waals surface area contributed by atoms with Crippen molar-refractivity contribution in [1.82, 2.24) is 5.32 Å². The first-order chi connectivity index (χ1) is 9.04. The Morgan fingerprint density at radius 3 is 2.79 bits per heavy atom. The highest BCUT2D eigenvalue weighted by molar-refractivity contribution is 6.32. The number of methoxy groups -OCH3 is 1. The molecule has 0 aliphatic carbocycles. The third kappa shape index (κ3) is 5.72. The zero-order chi connectivity index (χ0) is 14.3. The van der Waals surface area contributed by atoms with Crippen LogP contribution in [0, 0.1) is 11.7 Å². The quantitative estimate of drug-likeness (QED) is 0.770. The summed E-state index contributed by atoms with van der Waals surface area (Å²) in [6.07, 6.45) is 2.02. The molecule has 1 aromatic carbocycles. The van der Waals surface area contributed by atoms with Gasteiger partial charge in [0, 0.05) is 20.2 Å². The molecule has 0 aromatic heterocycles. The van der Waals surface area contributed by atoms with Crippen molar-refractivity contribution in [3.05, 3.63) is 40.2 Å². The molecular weight excluding hydrogens is 265 g/mol. The van der Waals surface area contributed by atoms with Crippen molar-refractivity contribution < 1.29 is 9.13 Å². The predicted molar refractivity (Wildman–Crippen MR) is 79.0 cm³/mol. The van der Waals surface area contributed by atoms with Crippen LogP contribution in [0.4, 0.5) is 4.39 Å². The normalized spacial score (nSPS) is 12.2. The first-order valence-electron chi connectivity index (χ1n) is 6.39. The molecule has 0 saturated carbocycles. The molecule has 0 aliphatic rings. The molecule has 0 heterocycles. The highest BCUT2D eigenvalue weighted by Crippen LogP contribution is 2.22. The van der Waals surface area contributed by atoms with Gasteiger partial charge < -0.3 is 10.1 Å². The van der Waals surface area contributed by atoms with Crippen LogP contribution in [0.2, 0.25) is 5.02 Å². The van der Waals surface area contributed by atoms with Gasteiger partial charge in [-0.3, -0.25) is 0 Å². The third-order valence-corrected chi connectivity index (χ3v) is 3.18. The first kappa shape index (κ1) is 16.2. The molecule has 1 aromatic rings. The van der Waals surface area contributed by atoms with E-state index >= 15 is 0 Å². The Labute approximate surface area is 119 Å². The van der Waals surface area contributed by atoms with E-state index in [1.807, 2.05) is 6.08 Å². The second-order valence-electron chi connectivity index (χ2n) is 4.71. The van der Waals surface area contributed by atoms with E-state index in [1.165, 1.54) is 17.7 Å². The summed E-state index contributed by atoms with van der Waals surface area (Å²) in [4.78, 5) is 0. The molecule has 0 radical (unpaired) electrons. The fourth-order valence-electron chi connectivity index (χ4n) is 1.65. The summed E-state index contributed by atoms with van der Waals surface area (Å²) in [7, 11) is 1.68. The number of nitrogens with one attached hydrogen (secondary N) is 1. The fraction of sp³-hybridized carbons (Fsp3) is 0.467. The Morgan fingerprint density at radius 2 is 2.21 bits per heavy atom. The standard InChI is InChI=1S/C15H21ClFNO/c1-11(2)13(10-18-6-7-19-3)8-12-4-5-14(17)9-15(12)16/h4-5,8-9,11,18H,6-7,10H2,1-3H3/b13-8-. The van der Waals surface area contributed by atoms with E-state index in [0.29, 0.717) is 17.5 Å². The Balaban J connectivity index is 2.76. The molecule has 1 N–H and O–H groups in total. The number of hydrogen-bond acceptors (Lipinski definition) is 2. The van der Waals surface area contributed by atoms with Crippen molar-refractivity contribution in [2.75, 3.05) is 26.8 Å². The molecule has 1 rings (SSSR count). The summed E-state index contributed by atoms with van der Waals surface area (Å²) in [5, 5.41) is 3.75. The van der Waals surface area contributed by atoms with Crippen LogP contribution >= 0.6 is 11.6 Å². The SMILES string of the molecule is COCCNC/C(=C/c1ccc(F)cc1Cl)C(C)C. The van der Waals surface area contributed by atoms with E-state index in [-0.39, 0.29) is 5.82 Å². The van der Waals surface area contributed by atoms with E-state index in [2.05, 4.69) is 19.2 Å². The monoisotopic (exact) mass is 285 g/mol. The van der Waals surface area contributed by atoms with Gasteiger partial charge in [-0.25, -0.2) is 4.39 Å². The van der Waals surface area contributed by atoms with E-state index in [4.69, 9.17) is 16.3 Å². The van der Waals surface area contributed by atoms with Crippen LogP contribution in [-0.4, -0.2) is 26.8 Å². The molecule has 106 valence electrons. The maximum absolute atomic E-state index is 13.0. The van der Waals surface area contributed by atoms with Crippen LogP contribution in [0.5, 0.6) is 0 Å². The smallest absolute Gasteiger partial charge is 0.124 e. The summed E-state index contributed by atoms with van der Waals surface area (Å²) in [6.45, 7) is 6.51. The summed E-state index contributed by atoms with van der Waals surface area (Å²) < 4.78 is 18.0. The van der Waals surface area contributed by atoms with E-state index in [1.54, 1.807) is 13.2 Å². The largest absolute Gasteiger partial charge is 0.383 e.